The molecule has 134 valence electrons. The molecule has 1 saturated heterocycles. The van der Waals surface area contributed by atoms with Crippen LogP contribution in [0.15, 0.2) is 22.7 Å². The monoisotopic (exact) mass is 341 g/mol. The third-order valence-electron chi connectivity index (χ3n) is 5.09. The van der Waals surface area contributed by atoms with Gasteiger partial charge < -0.3 is 9.42 Å². The van der Waals surface area contributed by atoms with Crippen LogP contribution in [0.5, 0.6) is 0 Å². The molecule has 0 aliphatic carbocycles. The summed E-state index contributed by atoms with van der Waals surface area (Å²) >= 11 is 0. The Morgan fingerprint density at radius 3 is 2.88 bits per heavy atom. The van der Waals surface area contributed by atoms with Crippen LogP contribution in [0.1, 0.15) is 47.7 Å². The molecule has 1 aliphatic rings. The smallest absolute Gasteiger partial charge is 0.222 e. The molecule has 3 heterocycles. The molecule has 0 aromatic carbocycles. The van der Waals surface area contributed by atoms with Gasteiger partial charge >= 0.3 is 0 Å². The van der Waals surface area contributed by atoms with Crippen LogP contribution in [-0.2, 0) is 17.6 Å². The number of pyridine rings is 1. The number of amides is 1. The first-order chi connectivity index (χ1) is 12.0. The van der Waals surface area contributed by atoms with E-state index >= 15 is 0 Å². The van der Waals surface area contributed by atoms with Crippen LogP contribution in [0, 0.1) is 26.7 Å². The van der Waals surface area contributed by atoms with Crippen molar-refractivity contribution < 1.29 is 9.32 Å². The number of hydrogen-bond acceptors (Lipinski definition) is 4. The maximum Gasteiger partial charge on any atom is 0.222 e. The molecule has 5 heteroatoms. The van der Waals surface area contributed by atoms with E-state index in [2.05, 4.69) is 22.3 Å². The SMILES string of the molecule is Cc1cccc(C[C@H]2CCCN(C(=O)CCc3c(C)noc3C)C2)n1. The summed E-state index contributed by atoms with van der Waals surface area (Å²) < 4.78 is 5.18. The number of hydrogen-bond donors (Lipinski definition) is 0. The molecular formula is C20H27N3O2. The van der Waals surface area contributed by atoms with E-state index in [9.17, 15) is 4.79 Å². The third kappa shape index (κ3) is 4.47. The zero-order valence-electron chi connectivity index (χ0n) is 15.4. The largest absolute Gasteiger partial charge is 0.361 e. The molecule has 5 nitrogen and oxygen atoms in total. The zero-order chi connectivity index (χ0) is 17.8. The summed E-state index contributed by atoms with van der Waals surface area (Å²) in [4.78, 5) is 19.3. The van der Waals surface area contributed by atoms with E-state index in [-0.39, 0.29) is 5.91 Å². The maximum absolute atomic E-state index is 12.6. The quantitative estimate of drug-likeness (QED) is 0.836. The van der Waals surface area contributed by atoms with Gasteiger partial charge in [0.15, 0.2) is 0 Å². The summed E-state index contributed by atoms with van der Waals surface area (Å²) in [6.45, 7) is 7.58. The van der Waals surface area contributed by atoms with Crippen LogP contribution in [0.4, 0.5) is 0 Å². The minimum atomic E-state index is 0.238. The summed E-state index contributed by atoms with van der Waals surface area (Å²) in [6, 6.07) is 6.17. The first-order valence-corrected chi connectivity index (χ1v) is 9.15. The second kappa shape index (κ2) is 7.81. The average molecular weight is 341 g/mol. The fourth-order valence-corrected chi connectivity index (χ4v) is 3.72. The highest BCUT2D eigenvalue weighted by molar-refractivity contribution is 5.76. The first kappa shape index (κ1) is 17.6. The van der Waals surface area contributed by atoms with Gasteiger partial charge in [-0.3, -0.25) is 9.78 Å². The molecule has 0 saturated carbocycles. The zero-order valence-corrected chi connectivity index (χ0v) is 15.4. The number of likely N-dealkylation sites (tertiary alicyclic amines) is 1. The number of nitrogens with zero attached hydrogens (tertiary/aromatic N) is 3. The second-order valence-electron chi connectivity index (χ2n) is 7.13. The predicted octanol–water partition coefficient (Wildman–Crippen LogP) is 3.41. The van der Waals surface area contributed by atoms with Gasteiger partial charge in [-0.05, 0) is 64.5 Å². The Kier molecular flexibility index (Phi) is 5.51. The van der Waals surface area contributed by atoms with Crippen LogP contribution in [0.25, 0.3) is 0 Å². The fourth-order valence-electron chi connectivity index (χ4n) is 3.72. The molecule has 0 bridgehead atoms. The molecular weight excluding hydrogens is 314 g/mol. The molecule has 3 rings (SSSR count). The lowest BCUT2D eigenvalue weighted by atomic mass is 9.92. The lowest BCUT2D eigenvalue weighted by Gasteiger charge is -2.33. The van der Waals surface area contributed by atoms with Gasteiger partial charge in [0, 0.05) is 36.5 Å². The van der Waals surface area contributed by atoms with Crippen molar-refractivity contribution in [1.82, 2.24) is 15.0 Å². The van der Waals surface area contributed by atoms with Crippen LogP contribution < -0.4 is 0 Å². The van der Waals surface area contributed by atoms with Crippen molar-refractivity contribution >= 4 is 5.91 Å². The van der Waals surface area contributed by atoms with Gasteiger partial charge in [-0.25, -0.2) is 0 Å². The molecule has 0 N–H and O–H groups in total. The summed E-state index contributed by atoms with van der Waals surface area (Å²) in [5.74, 6) is 1.57. The molecule has 0 unspecified atom stereocenters. The fraction of sp³-hybridized carbons (Fsp3) is 0.550. The van der Waals surface area contributed by atoms with Crippen LogP contribution in [0.2, 0.25) is 0 Å². The molecule has 0 spiro atoms. The van der Waals surface area contributed by atoms with E-state index in [1.165, 1.54) is 6.42 Å². The van der Waals surface area contributed by atoms with Crippen LogP contribution >= 0.6 is 0 Å². The van der Waals surface area contributed by atoms with E-state index in [0.717, 1.165) is 54.3 Å². The van der Waals surface area contributed by atoms with Crippen molar-refractivity contribution in [3.63, 3.8) is 0 Å². The lowest BCUT2D eigenvalue weighted by molar-refractivity contribution is -0.133. The Hall–Kier alpha value is -2.17. The second-order valence-corrected chi connectivity index (χ2v) is 7.13. The van der Waals surface area contributed by atoms with Crippen molar-refractivity contribution in [2.45, 2.75) is 52.9 Å². The predicted molar refractivity (Wildman–Crippen MR) is 96.3 cm³/mol. The van der Waals surface area contributed by atoms with Gasteiger partial charge in [-0.1, -0.05) is 11.2 Å². The van der Waals surface area contributed by atoms with Crippen molar-refractivity contribution in [1.29, 1.82) is 0 Å². The summed E-state index contributed by atoms with van der Waals surface area (Å²) in [7, 11) is 0. The number of piperidine rings is 1. The number of aromatic nitrogens is 2. The highest BCUT2D eigenvalue weighted by Crippen LogP contribution is 2.22. The Morgan fingerprint density at radius 1 is 1.32 bits per heavy atom. The van der Waals surface area contributed by atoms with Crippen molar-refractivity contribution in [2.24, 2.45) is 5.92 Å². The molecule has 1 atom stereocenters. The van der Waals surface area contributed by atoms with E-state index in [1.54, 1.807) is 0 Å². The van der Waals surface area contributed by atoms with Crippen molar-refractivity contribution in [2.75, 3.05) is 13.1 Å². The van der Waals surface area contributed by atoms with Gasteiger partial charge in [0.25, 0.3) is 0 Å². The van der Waals surface area contributed by atoms with E-state index in [4.69, 9.17) is 4.52 Å². The Morgan fingerprint density at radius 2 is 2.16 bits per heavy atom. The highest BCUT2D eigenvalue weighted by atomic mass is 16.5. The van der Waals surface area contributed by atoms with E-state index in [1.807, 2.05) is 31.7 Å². The standard InChI is InChI=1S/C20H27N3O2/c1-14-6-4-8-18(21-14)12-17-7-5-11-23(13-17)20(24)10-9-19-15(2)22-25-16(19)3/h4,6,8,17H,5,7,9-13H2,1-3H3/t17-/m1/s1. The number of carbonyl (C=O) groups excluding carboxylic acids is 1. The average Bonchev–Trinajstić information content (AvgIpc) is 2.91. The normalized spacial score (nSPS) is 17.7. The summed E-state index contributed by atoms with van der Waals surface area (Å²) in [5, 5.41) is 3.97. The topological polar surface area (TPSA) is 59.2 Å². The van der Waals surface area contributed by atoms with Gasteiger partial charge in [0.2, 0.25) is 5.91 Å². The first-order valence-electron chi connectivity index (χ1n) is 9.15. The summed E-state index contributed by atoms with van der Waals surface area (Å²) in [5.41, 5.74) is 4.16. The van der Waals surface area contributed by atoms with E-state index < -0.39 is 0 Å². The minimum Gasteiger partial charge on any atom is -0.361 e. The van der Waals surface area contributed by atoms with E-state index in [0.29, 0.717) is 18.8 Å². The lowest BCUT2D eigenvalue weighted by Crippen LogP contribution is -2.40. The van der Waals surface area contributed by atoms with Gasteiger partial charge in [-0.2, -0.15) is 0 Å². The van der Waals surface area contributed by atoms with Crippen LogP contribution in [-0.4, -0.2) is 34.0 Å². The highest BCUT2D eigenvalue weighted by Gasteiger charge is 2.24. The van der Waals surface area contributed by atoms with Gasteiger partial charge in [0.1, 0.15) is 5.76 Å². The maximum atomic E-state index is 12.6. The molecule has 1 fully saturated rings. The van der Waals surface area contributed by atoms with Crippen molar-refractivity contribution in [3.8, 4) is 0 Å². The minimum absolute atomic E-state index is 0.238. The van der Waals surface area contributed by atoms with Crippen LogP contribution in [0.3, 0.4) is 0 Å². The molecule has 0 radical (unpaired) electrons. The van der Waals surface area contributed by atoms with Crippen molar-refractivity contribution in [3.05, 3.63) is 46.6 Å². The molecule has 1 amide bonds. The van der Waals surface area contributed by atoms with Gasteiger partial charge in [-0.15, -0.1) is 0 Å². The molecule has 1 aliphatic heterocycles. The number of carbonyl (C=O) groups is 1. The molecule has 25 heavy (non-hydrogen) atoms. The Labute approximate surface area is 149 Å². The Balaban J connectivity index is 1.54. The molecule has 2 aromatic heterocycles. The third-order valence-corrected chi connectivity index (χ3v) is 5.09. The summed E-state index contributed by atoms with van der Waals surface area (Å²) in [6.07, 6.45) is 4.44. The Bertz CT molecular complexity index is 719. The number of rotatable bonds is 5. The molecule has 2 aromatic rings. The van der Waals surface area contributed by atoms with Gasteiger partial charge in [0.05, 0.1) is 5.69 Å². The number of aryl methyl sites for hydroxylation is 3.